The number of rotatable bonds is 7. The van der Waals surface area contributed by atoms with Crippen LogP contribution in [0.2, 0.25) is 0 Å². The first-order valence-corrected chi connectivity index (χ1v) is 8.26. The molecule has 116 valence electrons. The van der Waals surface area contributed by atoms with E-state index in [1.807, 2.05) is 0 Å². The SMILES string of the molecule is NS(=O)(=O)c1ccc(NCCCC(=O)NC2CC2)c(F)c1. The maximum absolute atomic E-state index is 13.7. The maximum Gasteiger partial charge on any atom is 0.238 e. The number of nitrogens with two attached hydrogens (primary N) is 1. The third kappa shape index (κ3) is 4.98. The number of nitrogens with one attached hydrogen (secondary N) is 2. The highest BCUT2D eigenvalue weighted by molar-refractivity contribution is 7.89. The Morgan fingerprint density at radius 1 is 1.38 bits per heavy atom. The fraction of sp³-hybridized carbons (Fsp3) is 0.462. The molecule has 4 N–H and O–H groups in total. The summed E-state index contributed by atoms with van der Waals surface area (Å²) in [5.41, 5.74) is 0.185. The molecule has 1 saturated carbocycles. The van der Waals surface area contributed by atoms with E-state index in [2.05, 4.69) is 10.6 Å². The minimum Gasteiger partial charge on any atom is -0.383 e. The summed E-state index contributed by atoms with van der Waals surface area (Å²) in [7, 11) is -3.90. The van der Waals surface area contributed by atoms with Crippen LogP contribution in [0.5, 0.6) is 0 Å². The van der Waals surface area contributed by atoms with Gasteiger partial charge in [-0.15, -0.1) is 0 Å². The van der Waals surface area contributed by atoms with Gasteiger partial charge in [0.05, 0.1) is 10.6 Å². The van der Waals surface area contributed by atoms with E-state index in [0.717, 1.165) is 18.9 Å². The van der Waals surface area contributed by atoms with E-state index < -0.39 is 15.8 Å². The molecule has 0 spiro atoms. The molecule has 0 radical (unpaired) electrons. The lowest BCUT2D eigenvalue weighted by Crippen LogP contribution is -2.25. The summed E-state index contributed by atoms with van der Waals surface area (Å²) >= 11 is 0. The number of amides is 1. The molecule has 21 heavy (non-hydrogen) atoms. The molecule has 1 fully saturated rings. The Morgan fingerprint density at radius 3 is 2.67 bits per heavy atom. The highest BCUT2D eigenvalue weighted by atomic mass is 32.2. The molecule has 0 unspecified atom stereocenters. The summed E-state index contributed by atoms with van der Waals surface area (Å²) in [6.45, 7) is 0.420. The van der Waals surface area contributed by atoms with Gasteiger partial charge in [-0.25, -0.2) is 17.9 Å². The molecule has 1 aliphatic carbocycles. The van der Waals surface area contributed by atoms with Crippen molar-refractivity contribution in [2.45, 2.75) is 36.6 Å². The van der Waals surface area contributed by atoms with Crippen LogP contribution in [-0.4, -0.2) is 26.9 Å². The van der Waals surface area contributed by atoms with Gasteiger partial charge in [-0.2, -0.15) is 0 Å². The Morgan fingerprint density at radius 2 is 2.10 bits per heavy atom. The van der Waals surface area contributed by atoms with Crippen molar-refractivity contribution in [3.63, 3.8) is 0 Å². The average molecular weight is 315 g/mol. The number of hydrogen-bond donors (Lipinski definition) is 3. The first kappa shape index (κ1) is 15.7. The van der Waals surface area contributed by atoms with Crippen molar-refractivity contribution in [1.29, 1.82) is 0 Å². The van der Waals surface area contributed by atoms with E-state index in [1.54, 1.807) is 0 Å². The Labute approximate surface area is 123 Å². The Hall–Kier alpha value is -1.67. The van der Waals surface area contributed by atoms with Crippen LogP contribution in [0.3, 0.4) is 0 Å². The van der Waals surface area contributed by atoms with Gasteiger partial charge in [-0.05, 0) is 37.5 Å². The molecule has 6 nitrogen and oxygen atoms in total. The van der Waals surface area contributed by atoms with E-state index in [-0.39, 0.29) is 16.5 Å². The van der Waals surface area contributed by atoms with Gasteiger partial charge in [0.15, 0.2) is 0 Å². The van der Waals surface area contributed by atoms with Gasteiger partial charge in [0.2, 0.25) is 15.9 Å². The van der Waals surface area contributed by atoms with Gasteiger partial charge < -0.3 is 10.6 Å². The fourth-order valence-corrected chi connectivity index (χ4v) is 2.34. The van der Waals surface area contributed by atoms with Crippen molar-refractivity contribution in [3.05, 3.63) is 24.0 Å². The van der Waals surface area contributed by atoms with Crippen molar-refractivity contribution in [1.82, 2.24) is 5.32 Å². The lowest BCUT2D eigenvalue weighted by Gasteiger charge is -2.08. The lowest BCUT2D eigenvalue weighted by molar-refractivity contribution is -0.121. The number of benzene rings is 1. The molecule has 1 aromatic rings. The summed E-state index contributed by atoms with van der Waals surface area (Å²) in [4.78, 5) is 11.2. The summed E-state index contributed by atoms with van der Waals surface area (Å²) in [6, 6.07) is 3.77. The predicted molar refractivity (Wildman–Crippen MR) is 76.7 cm³/mol. The normalized spacial score (nSPS) is 14.8. The predicted octanol–water partition coefficient (Wildman–Crippen LogP) is 0.944. The smallest absolute Gasteiger partial charge is 0.238 e. The van der Waals surface area contributed by atoms with Gasteiger partial charge in [-0.1, -0.05) is 0 Å². The molecule has 1 aliphatic rings. The number of carbonyl (C=O) groups is 1. The highest BCUT2D eigenvalue weighted by Gasteiger charge is 2.22. The van der Waals surface area contributed by atoms with Crippen LogP contribution in [0.25, 0.3) is 0 Å². The first-order valence-electron chi connectivity index (χ1n) is 6.72. The van der Waals surface area contributed by atoms with E-state index in [9.17, 15) is 17.6 Å². The minimum atomic E-state index is -3.90. The standard InChI is InChI=1S/C13H18FN3O3S/c14-11-8-10(21(15,19)20)5-6-12(11)16-7-1-2-13(18)17-9-3-4-9/h5-6,8-9,16H,1-4,7H2,(H,17,18)(H2,15,19,20). The molecule has 0 atom stereocenters. The van der Waals surface area contributed by atoms with Gasteiger partial charge in [-0.3, -0.25) is 4.79 Å². The van der Waals surface area contributed by atoms with Gasteiger partial charge >= 0.3 is 0 Å². The zero-order valence-corrected chi connectivity index (χ0v) is 12.2. The summed E-state index contributed by atoms with van der Waals surface area (Å²) in [5.74, 6) is -0.687. The molecule has 0 aliphatic heterocycles. The quantitative estimate of drug-likeness (QED) is 0.652. The van der Waals surface area contributed by atoms with Crippen molar-refractivity contribution in [2.75, 3.05) is 11.9 Å². The first-order chi connectivity index (χ1) is 9.86. The van der Waals surface area contributed by atoms with Crippen LogP contribution in [0, 0.1) is 5.82 Å². The van der Waals surface area contributed by atoms with Crippen LogP contribution in [0.15, 0.2) is 23.1 Å². The van der Waals surface area contributed by atoms with E-state index in [4.69, 9.17) is 5.14 Å². The van der Waals surface area contributed by atoms with Crippen LogP contribution in [0.4, 0.5) is 10.1 Å². The van der Waals surface area contributed by atoms with Gasteiger partial charge in [0.25, 0.3) is 0 Å². The van der Waals surface area contributed by atoms with Crippen molar-refractivity contribution < 1.29 is 17.6 Å². The number of carbonyl (C=O) groups excluding carboxylic acids is 1. The van der Waals surface area contributed by atoms with Crippen LogP contribution >= 0.6 is 0 Å². The Bertz CT molecular complexity index is 630. The van der Waals surface area contributed by atoms with Crippen LogP contribution < -0.4 is 15.8 Å². The second-order valence-electron chi connectivity index (χ2n) is 5.06. The molecule has 1 aromatic carbocycles. The molecule has 8 heteroatoms. The Balaban J connectivity index is 1.79. The molecular weight excluding hydrogens is 297 g/mol. The monoisotopic (exact) mass is 315 g/mol. The zero-order chi connectivity index (χ0) is 15.5. The molecule has 2 rings (SSSR count). The molecule has 0 saturated heterocycles. The molecule has 0 aromatic heterocycles. The Kier molecular flexibility index (Phi) is 4.79. The minimum absolute atomic E-state index is 0.00402. The molecular formula is C13H18FN3O3S. The summed E-state index contributed by atoms with van der Waals surface area (Å²) in [5, 5.41) is 10.6. The van der Waals surface area contributed by atoms with Gasteiger partial charge in [0.1, 0.15) is 5.82 Å². The number of anilines is 1. The largest absolute Gasteiger partial charge is 0.383 e. The topological polar surface area (TPSA) is 101 Å². The molecule has 0 heterocycles. The van der Waals surface area contributed by atoms with E-state index >= 15 is 0 Å². The number of primary sulfonamides is 1. The zero-order valence-electron chi connectivity index (χ0n) is 11.4. The van der Waals surface area contributed by atoms with Crippen molar-refractivity contribution in [3.8, 4) is 0 Å². The molecule has 1 amide bonds. The third-order valence-electron chi connectivity index (χ3n) is 3.11. The van der Waals surface area contributed by atoms with Crippen molar-refractivity contribution >= 4 is 21.6 Å². The van der Waals surface area contributed by atoms with E-state index in [1.165, 1.54) is 12.1 Å². The van der Waals surface area contributed by atoms with Crippen molar-refractivity contribution in [2.24, 2.45) is 5.14 Å². The average Bonchev–Trinajstić information content (AvgIpc) is 3.18. The maximum atomic E-state index is 13.7. The molecule has 0 bridgehead atoms. The lowest BCUT2D eigenvalue weighted by atomic mass is 10.2. The van der Waals surface area contributed by atoms with E-state index in [0.29, 0.717) is 25.4 Å². The number of hydrogen-bond acceptors (Lipinski definition) is 4. The van der Waals surface area contributed by atoms with Crippen LogP contribution in [-0.2, 0) is 14.8 Å². The number of sulfonamides is 1. The number of halogens is 1. The van der Waals surface area contributed by atoms with Crippen LogP contribution in [0.1, 0.15) is 25.7 Å². The second kappa shape index (κ2) is 6.40. The summed E-state index contributed by atoms with van der Waals surface area (Å²) in [6.07, 6.45) is 3.03. The third-order valence-corrected chi connectivity index (χ3v) is 4.02. The highest BCUT2D eigenvalue weighted by Crippen LogP contribution is 2.19. The second-order valence-corrected chi connectivity index (χ2v) is 6.62. The summed E-state index contributed by atoms with van der Waals surface area (Å²) < 4.78 is 35.8. The van der Waals surface area contributed by atoms with Gasteiger partial charge in [0, 0.05) is 19.0 Å². The fourth-order valence-electron chi connectivity index (χ4n) is 1.82.